The lowest BCUT2D eigenvalue weighted by molar-refractivity contribution is -0.121. The predicted molar refractivity (Wildman–Crippen MR) is 103 cm³/mol. The fraction of sp³-hybridized carbons (Fsp3) is 0.333. The Morgan fingerprint density at radius 1 is 1.35 bits per heavy atom. The van der Waals surface area contributed by atoms with Gasteiger partial charge in [0, 0.05) is 25.3 Å². The molecule has 0 bridgehead atoms. The molecule has 0 aromatic heterocycles. The highest BCUT2D eigenvalue weighted by Gasteiger charge is 2.31. The Labute approximate surface area is 147 Å². The van der Waals surface area contributed by atoms with Crippen LogP contribution in [0, 0.1) is 6.92 Å². The van der Waals surface area contributed by atoms with Gasteiger partial charge < -0.3 is 4.90 Å². The monoisotopic (exact) mass is 344 g/mol. The van der Waals surface area contributed by atoms with Crippen molar-refractivity contribution in [2.75, 3.05) is 24.5 Å². The normalized spacial score (nSPS) is 20.0. The van der Waals surface area contributed by atoms with Crippen LogP contribution < -0.4 is 4.90 Å². The zero-order valence-electron chi connectivity index (χ0n) is 13.2. The van der Waals surface area contributed by atoms with Crippen LogP contribution in [-0.4, -0.2) is 34.8 Å². The average Bonchev–Trinajstić information content (AvgIpc) is 3.14. The quantitative estimate of drug-likeness (QED) is 0.468. The predicted octanol–water partition coefficient (Wildman–Crippen LogP) is 3.98. The molecule has 2 aliphatic rings. The molecule has 5 heteroatoms. The van der Waals surface area contributed by atoms with Crippen molar-refractivity contribution >= 4 is 46.0 Å². The van der Waals surface area contributed by atoms with Crippen LogP contribution in [0.1, 0.15) is 24.0 Å². The molecule has 1 aromatic carbocycles. The summed E-state index contributed by atoms with van der Waals surface area (Å²) in [5.74, 6) is -0.0251. The van der Waals surface area contributed by atoms with Crippen molar-refractivity contribution in [2.24, 2.45) is 0 Å². The number of thiocarbonyl (C=S) groups is 1. The molecule has 0 saturated carbocycles. The smallest absolute Gasteiger partial charge is 0.266 e. The lowest BCUT2D eigenvalue weighted by Crippen LogP contribution is -2.27. The van der Waals surface area contributed by atoms with E-state index in [-0.39, 0.29) is 5.91 Å². The summed E-state index contributed by atoms with van der Waals surface area (Å²) in [7, 11) is 0. The van der Waals surface area contributed by atoms with Crippen molar-refractivity contribution in [3.05, 3.63) is 46.9 Å². The van der Waals surface area contributed by atoms with E-state index in [4.69, 9.17) is 12.2 Å². The van der Waals surface area contributed by atoms with Gasteiger partial charge in [-0.1, -0.05) is 36.1 Å². The number of benzene rings is 1. The summed E-state index contributed by atoms with van der Waals surface area (Å²) in [5, 5.41) is 0. The Kier molecular flexibility index (Phi) is 4.87. The van der Waals surface area contributed by atoms with Gasteiger partial charge in [0.2, 0.25) is 0 Å². The highest BCUT2D eigenvalue weighted by molar-refractivity contribution is 8.26. The molecule has 1 aromatic rings. The Balaban J connectivity index is 1.83. The number of thioether (sulfide) groups is 1. The Morgan fingerprint density at radius 2 is 2.09 bits per heavy atom. The molecular weight excluding hydrogens is 324 g/mol. The van der Waals surface area contributed by atoms with E-state index in [1.54, 1.807) is 11.0 Å². The maximum Gasteiger partial charge on any atom is 0.266 e. The summed E-state index contributed by atoms with van der Waals surface area (Å²) in [6.45, 7) is 8.51. The summed E-state index contributed by atoms with van der Waals surface area (Å²) in [6, 6.07) is 6.46. The van der Waals surface area contributed by atoms with E-state index in [2.05, 4.69) is 36.6 Å². The topological polar surface area (TPSA) is 23.6 Å². The molecule has 120 valence electrons. The van der Waals surface area contributed by atoms with Gasteiger partial charge in [-0.25, -0.2) is 0 Å². The molecule has 2 fully saturated rings. The van der Waals surface area contributed by atoms with Crippen LogP contribution in [-0.2, 0) is 4.79 Å². The number of hydrogen-bond donors (Lipinski definition) is 0. The first-order valence-corrected chi connectivity index (χ1v) is 9.04. The largest absolute Gasteiger partial charge is 0.372 e. The van der Waals surface area contributed by atoms with Crippen molar-refractivity contribution < 1.29 is 4.79 Å². The number of aryl methyl sites for hydroxylation is 1. The van der Waals surface area contributed by atoms with Crippen LogP contribution in [0.3, 0.4) is 0 Å². The molecule has 0 spiro atoms. The lowest BCUT2D eigenvalue weighted by atomic mass is 10.1. The molecule has 2 saturated heterocycles. The second-order valence-electron chi connectivity index (χ2n) is 5.82. The van der Waals surface area contributed by atoms with E-state index < -0.39 is 0 Å². The zero-order valence-corrected chi connectivity index (χ0v) is 14.9. The first-order chi connectivity index (χ1) is 11.1. The van der Waals surface area contributed by atoms with Crippen LogP contribution in [0.4, 0.5) is 5.69 Å². The first kappa shape index (κ1) is 16.3. The first-order valence-electron chi connectivity index (χ1n) is 7.82. The minimum Gasteiger partial charge on any atom is -0.372 e. The third-order valence-corrected chi connectivity index (χ3v) is 5.57. The van der Waals surface area contributed by atoms with E-state index in [1.807, 2.05) is 6.08 Å². The highest BCUT2D eigenvalue weighted by Crippen LogP contribution is 2.33. The molecule has 2 aliphatic heterocycles. The third-order valence-electron chi connectivity index (χ3n) is 4.20. The molecule has 0 N–H and O–H groups in total. The SMILES string of the molecule is C=CCN1C(=O)/C(=C\c2ccc(N3CCCC3)cc2C)SC1=S. The van der Waals surface area contributed by atoms with Crippen molar-refractivity contribution in [3.8, 4) is 0 Å². The number of carbonyl (C=O) groups excluding carboxylic acids is 1. The Morgan fingerprint density at radius 3 is 2.74 bits per heavy atom. The van der Waals surface area contributed by atoms with Gasteiger partial charge >= 0.3 is 0 Å². The summed E-state index contributed by atoms with van der Waals surface area (Å²) in [6.07, 6.45) is 6.19. The number of nitrogens with zero attached hydrogens (tertiary/aromatic N) is 2. The highest BCUT2D eigenvalue weighted by atomic mass is 32.2. The van der Waals surface area contributed by atoms with Gasteiger partial charge in [0.05, 0.1) is 4.91 Å². The average molecular weight is 345 g/mol. The molecule has 3 rings (SSSR count). The Bertz CT molecular complexity index is 690. The van der Waals surface area contributed by atoms with Gasteiger partial charge in [-0.3, -0.25) is 9.69 Å². The molecule has 0 radical (unpaired) electrons. The molecule has 2 heterocycles. The van der Waals surface area contributed by atoms with Crippen molar-refractivity contribution in [1.82, 2.24) is 4.90 Å². The zero-order chi connectivity index (χ0) is 16.4. The summed E-state index contributed by atoms with van der Waals surface area (Å²) in [5.41, 5.74) is 3.53. The van der Waals surface area contributed by atoms with E-state index >= 15 is 0 Å². The number of rotatable bonds is 4. The second kappa shape index (κ2) is 6.89. The number of hydrogen-bond acceptors (Lipinski definition) is 4. The molecule has 0 aliphatic carbocycles. The Hall–Kier alpha value is -1.59. The fourth-order valence-electron chi connectivity index (χ4n) is 2.92. The lowest BCUT2D eigenvalue weighted by Gasteiger charge is -2.18. The molecular formula is C18H20N2OS2. The van der Waals surface area contributed by atoms with Crippen LogP contribution in [0.5, 0.6) is 0 Å². The minimum absolute atomic E-state index is 0.0251. The van der Waals surface area contributed by atoms with Crippen LogP contribution in [0.15, 0.2) is 35.8 Å². The molecule has 3 nitrogen and oxygen atoms in total. The minimum atomic E-state index is -0.0251. The van der Waals surface area contributed by atoms with E-state index in [0.717, 1.165) is 18.7 Å². The van der Waals surface area contributed by atoms with Crippen molar-refractivity contribution in [3.63, 3.8) is 0 Å². The maximum atomic E-state index is 12.4. The number of carbonyl (C=O) groups is 1. The van der Waals surface area contributed by atoms with Gasteiger partial charge in [0.25, 0.3) is 5.91 Å². The molecule has 0 unspecified atom stereocenters. The van der Waals surface area contributed by atoms with E-state index in [0.29, 0.717) is 15.8 Å². The third kappa shape index (κ3) is 3.35. The van der Waals surface area contributed by atoms with E-state index in [1.165, 1.54) is 35.9 Å². The standard InChI is InChI=1S/C18H20N2OS2/c1-3-8-20-17(21)16(23-18(20)22)12-14-6-7-15(11-13(14)2)19-9-4-5-10-19/h3,6-7,11-12H,1,4-5,8-10H2,2H3/b16-12+. The maximum absolute atomic E-state index is 12.4. The van der Waals surface area contributed by atoms with Gasteiger partial charge in [0.15, 0.2) is 0 Å². The van der Waals surface area contributed by atoms with Gasteiger partial charge in [-0.15, -0.1) is 6.58 Å². The van der Waals surface area contributed by atoms with Crippen molar-refractivity contribution in [2.45, 2.75) is 19.8 Å². The molecule has 1 amide bonds. The van der Waals surface area contributed by atoms with Crippen LogP contribution in [0.2, 0.25) is 0 Å². The number of anilines is 1. The van der Waals surface area contributed by atoms with Gasteiger partial charge in [-0.2, -0.15) is 0 Å². The number of amides is 1. The van der Waals surface area contributed by atoms with Crippen LogP contribution in [0.25, 0.3) is 6.08 Å². The van der Waals surface area contributed by atoms with Crippen LogP contribution >= 0.6 is 24.0 Å². The second-order valence-corrected chi connectivity index (χ2v) is 7.49. The summed E-state index contributed by atoms with van der Waals surface area (Å²) in [4.78, 5) is 17.1. The summed E-state index contributed by atoms with van der Waals surface area (Å²) < 4.78 is 0.604. The van der Waals surface area contributed by atoms with Crippen molar-refractivity contribution in [1.29, 1.82) is 0 Å². The fourth-order valence-corrected chi connectivity index (χ4v) is 4.19. The molecule has 23 heavy (non-hydrogen) atoms. The summed E-state index contributed by atoms with van der Waals surface area (Å²) >= 11 is 6.64. The van der Waals surface area contributed by atoms with Gasteiger partial charge in [-0.05, 0) is 49.1 Å². The van der Waals surface area contributed by atoms with E-state index in [9.17, 15) is 4.79 Å². The van der Waals surface area contributed by atoms with Gasteiger partial charge in [0.1, 0.15) is 4.32 Å². The molecule has 0 atom stereocenters.